The van der Waals surface area contributed by atoms with Crippen LogP contribution in [-0.2, 0) is 0 Å². The predicted molar refractivity (Wildman–Crippen MR) is 108 cm³/mol. The maximum atomic E-state index is 12.6. The minimum atomic E-state index is -0.414. The summed E-state index contributed by atoms with van der Waals surface area (Å²) in [5, 5.41) is 3.41. The van der Waals surface area contributed by atoms with Crippen LogP contribution in [0.25, 0.3) is 0 Å². The van der Waals surface area contributed by atoms with Crippen molar-refractivity contribution < 1.29 is 14.4 Å². The van der Waals surface area contributed by atoms with Gasteiger partial charge in [-0.2, -0.15) is 0 Å². The van der Waals surface area contributed by atoms with Crippen molar-refractivity contribution in [3.8, 4) is 0 Å². The van der Waals surface area contributed by atoms with Crippen molar-refractivity contribution >= 4 is 52.3 Å². The molecule has 0 aliphatic carbocycles. The van der Waals surface area contributed by atoms with Crippen molar-refractivity contribution in [1.82, 2.24) is 0 Å². The summed E-state index contributed by atoms with van der Waals surface area (Å²) in [4.78, 5) is 38.9. The summed E-state index contributed by atoms with van der Waals surface area (Å²) in [6.45, 7) is 0. The van der Waals surface area contributed by atoms with Crippen molar-refractivity contribution in [2.75, 3.05) is 10.2 Å². The zero-order valence-electron chi connectivity index (χ0n) is 14.3. The van der Waals surface area contributed by atoms with Gasteiger partial charge in [-0.05, 0) is 48.5 Å². The van der Waals surface area contributed by atoms with E-state index in [1.165, 1.54) is 12.1 Å². The molecule has 3 amide bonds. The Bertz CT molecular complexity index is 1110. The van der Waals surface area contributed by atoms with E-state index in [2.05, 4.69) is 5.32 Å². The summed E-state index contributed by atoms with van der Waals surface area (Å²) in [6, 6.07) is 17.7. The Kier molecular flexibility index (Phi) is 4.63. The van der Waals surface area contributed by atoms with Crippen molar-refractivity contribution in [2.24, 2.45) is 0 Å². The number of nitrogens with one attached hydrogen (secondary N) is 1. The molecule has 0 bridgehead atoms. The number of hydrogen-bond donors (Lipinski definition) is 1. The summed E-state index contributed by atoms with van der Waals surface area (Å²) in [5.74, 6) is -1.23. The van der Waals surface area contributed by atoms with E-state index in [1.807, 2.05) is 0 Å². The van der Waals surface area contributed by atoms with Gasteiger partial charge in [0.2, 0.25) is 0 Å². The van der Waals surface area contributed by atoms with Crippen molar-refractivity contribution in [1.29, 1.82) is 0 Å². The maximum absolute atomic E-state index is 12.6. The van der Waals surface area contributed by atoms with Gasteiger partial charge in [0.05, 0.1) is 26.9 Å². The van der Waals surface area contributed by atoms with Crippen molar-refractivity contribution in [3.05, 3.63) is 93.5 Å². The fourth-order valence-electron chi connectivity index (χ4n) is 2.99. The zero-order chi connectivity index (χ0) is 19.8. The number of carbonyl (C=O) groups is 3. The third-order valence-corrected chi connectivity index (χ3v) is 5.08. The Labute approximate surface area is 170 Å². The summed E-state index contributed by atoms with van der Waals surface area (Å²) in [5.41, 5.74) is 1.79. The monoisotopic (exact) mass is 410 g/mol. The molecule has 0 saturated heterocycles. The second kappa shape index (κ2) is 7.11. The van der Waals surface area contributed by atoms with Crippen molar-refractivity contribution in [3.63, 3.8) is 0 Å². The Hall–Kier alpha value is -3.15. The molecule has 1 aliphatic heterocycles. The molecule has 4 rings (SSSR count). The highest BCUT2D eigenvalue weighted by molar-refractivity contribution is 6.42. The smallest absolute Gasteiger partial charge is 0.266 e. The lowest BCUT2D eigenvalue weighted by Gasteiger charge is -2.15. The molecule has 0 radical (unpaired) electrons. The molecule has 0 unspecified atom stereocenters. The van der Waals surface area contributed by atoms with Crippen molar-refractivity contribution in [2.45, 2.75) is 0 Å². The van der Waals surface area contributed by atoms with E-state index < -0.39 is 17.7 Å². The highest BCUT2D eigenvalue weighted by Gasteiger charge is 2.36. The number of hydrogen-bond acceptors (Lipinski definition) is 3. The van der Waals surface area contributed by atoms with E-state index in [0.29, 0.717) is 38.1 Å². The number of anilines is 2. The van der Waals surface area contributed by atoms with E-state index >= 15 is 0 Å². The quantitative estimate of drug-likeness (QED) is 0.614. The molecule has 1 heterocycles. The lowest BCUT2D eigenvalue weighted by Crippen LogP contribution is -2.29. The van der Waals surface area contributed by atoms with Crippen LogP contribution in [0.2, 0.25) is 10.0 Å². The van der Waals surface area contributed by atoms with Crippen LogP contribution < -0.4 is 10.2 Å². The van der Waals surface area contributed by atoms with Gasteiger partial charge in [-0.25, -0.2) is 4.90 Å². The van der Waals surface area contributed by atoms with Crippen LogP contribution in [0.1, 0.15) is 31.1 Å². The Morgan fingerprint density at radius 1 is 0.786 bits per heavy atom. The summed E-state index contributed by atoms with van der Waals surface area (Å²) in [6.07, 6.45) is 0. The summed E-state index contributed by atoms with van der Waals surface area (Å²) >= 11 is 11.8. The number of benzene rings is 3. The standard InChI is InChI=1S/C21H12Cl2N2O3/c22-17-9-8-13(11-18(17)23)24-19(26)12-4-3-5-14(10-12)25-20(27)15-6-1-2-7-16(15)21(25)28/h1-11H,(H,24,26). The molecule has 7 heteroatoms. The number of carbonyl (C=O) groups excluding carboxylic acids is 3. The van der Waals surface area contributed by atoms with E-state index in [1.54, 1.807) is 54.6 Å². The van der Waals surface area contributed by atoms with E-state index in [0.717, 1.165) is 4.90 Å². The van der Waals surface area contributed by atoms with Crippen LogP contribution in [0, 0.1) is 0 Å². The topological polar surface area (TPSA) is 66.5 Å². The van der Waals surface area contributed by atoms with E-state index in [9.17, 15) is 14.4 Å². The largest absolute Gasteiger partial charge is 0.322 e. The van der Waals surface area contributed by atoms with Gasteiger partial charge >= 0.3 is 0 Å². The van der Waals surface area contributed by atoms with Gasteiger partial charge in [0.1, 0.15) is 0 Å². The molecule has 1 aliphatic rings. The van der Waals surface area contributed by atoms with Gasteiger partial charge in [-0.1, -0.05) is 41.4 Å². The zero-order valence-corrected chi connectivity index (χ0v) is 15.8. The molecule has 0 fully saturated rings. The molecular weight excluding hydrogens is 399 g/mol. The van der Waals surface area contributed by atoms with Gasteiger partial charge in [-0.3, -0.25) is 14.4 Å². The number of nitrogens with zero attached hydrogens (tertiary/aromatic N) is 1. The highest BCUT2D eigenvalue weighted by Crippen LogP contribution is 2.29. The number of fused-ring (bicyclic) bond motifs is 1. The minimum Gasteiger partial charge on any atom is -0.322 e. The van der Waals surface area contributed by atoms with Gasteiger partial charge in [-0.15, -0.1) is 0 Å². The van der Waals surface area contributed by atoms with Crippen LogP contribution in [0.3, 0.4) is 0 Å². The Balaban J connectivity index is 1.62. The number of amides is 3. The maximum Gasteiger partial charge on any atom is 0.266 e. The molecule has 0 aromatic heterocycles. The first kappa shape index (κ1) is 18.2. The first-order valence-corrected chi connectivity index (χ1v) is 9.05. The molecule has 0 saturated carbocycles. The van der Waals surface area contributed by atoms with Gasteiger partial charge < -0.3 is 5.32 Å². The molecule has 138 valence electrons. The second-order valence-corrected chi connectivity index (χ2v) is 6.94. The second-order valence-electron chi connectivity index (χ2n) is 6.12. The first-order chi connectivity index (χ1) is 13.5. The normalized spacial score (nSPS) is 12.9. The fraction of sp³-hybridized carbons (Fsp3) is 0. The van der Waals surface area contributed by atoms with Crippen LogP contribution in [0.4, 0.5) is 11.4 Å². The van der Waals surface area contributed by atoms with Crippen LogP contribution >= 0.6 is 23.2 Å². The molecule has 0 spiro atoms. The Morgan fingerprint density at radius 3 is 2.11 bits per heavy atom. The summed E-state index contributed by atoms with van der Waals surface area (Å²) in [7, 11) is 0. The predicted octanol–water partition coefficient (Wildman–Crippen LogP) is 5.05. The molecule has 3 aromatic carbocycles. The first-order valence-electron chi connectivity index (χ1n) is 8.30. The molecule has 0 atom stereocenters. The Morgan fingerprint density at radius 2 is 1.46 bits per heavy atom. The number of rotatable bonds is 3. The van der Waals surface area contributed by atoms with Crippen LogP contribution in [0.15, 0.2) is 66.7 Å². The van der Waals surface area contributed by atoms with Gasteiger partial charge in [0.25, 0.3) is 17.7 Å². The number of imide groups is 1. The SMILES string of the molecule is O=C(Nc1ccc(Cl)c(Cl)c1)c1cccc(N2C(=O)c3ccccc3C2=O)c1. The minimum absolute atomic E-state index is 0.292. The van der Waals surface area contributed by atoms with E-state index in [4.69, 9.17) is 23.2 Å². The third-order valence-electron chi connectivity index (χ3n) is 4.34. The van der Waals surface area contributed by atoms with Crippen LogP contribution in [-0.4, -0.2) is 17.7 Å². The lowest BCUT2D eigenvalue weighted by molar-refractivity contribution is 0.0924. The summed E-state index contributed by atoms with van der Waals surface area (Å²) < 4.78 is 0. The third kappa shape index (κ3) is 3.15. The van der Waals surface area contributed by atoms with Gasteiger partial charge in [0.15, 0.2) is 0 Å². The van der Waals surface area contributed by atoms with Crippen LogP contribution in [0.5, 0.6) is 0 Å². The molecular formula is C21H12Cl2N2O3. The highest BCUT2D eigenvalue weighted by atomic mass is 35.5. The average Bonchev–Trinajstić information content (AvgIpc) is 2.96. The molecule has 3 aromatic rings. The number of halogens is 2. The lowest BCUT2D eigenvalue weighted by atomic mass is 10.1. The fourth-order valence-corrected chi connectivity index (χ4v) is 3.29. The average molecular weight is 411 g/mol. The van der Waals surface area contributed by atoms with E-state index in [-0.39, 0.29) is 0 Å². The molecule has 28 heavy (non-hydrogen) atoms. The van der Waals surface area contributed by atoms with Gasteiger partial charge in [0, 0.05) is 11.3 Å². The molecule has 5 nitrogen and oxygen atoms in total. The molecule has 1 N–H and O–H groups in total.